The van der Waals surface area contributed by atoms with Gasteiger partial charge in [0.05, 0.1) is 0 Å². The zero-order valence-corrected chi connectivity index (χ0v) is 23.1. The SMILES string of the molecule is CC(C)(C)c1cc2c(cc1N(c1cccc(-c3ccccc3)c1)C(C)(C)C)-c1ccccc1C2(C)C. The van der Waals surface area contributed by atoms with Crippen LogP contribution >= 0.6 is 0 Å². The predicted molar refractivity (Wildman–Crippen MR) is 156 cm³/mol. The summed E-state index contributed by atoms with van der Waals surface area (Å²) in [7, 11) is 0. The molecule has 0 amide bonds. The van der Waals surface area contributed by atoms with Crippen LogP contribution in [0.2, 0.25) is 0 Å². The summed E-state index contributed by atoms with van der Waals surface area (Å²) >= 11 is 0. The molecule has 0 heterocycles. The maximum Gasteiger partial charge on any atom is 0.0460 e. The van der Waals surface area contributed by atoms with Gasteiger partial charge in [-0.2, -0.15) is 0 Å². The summed E-state index contributed by atoms with van der Waals surface area (Å²) in [6, 6.07) is 33.6. The van der Waals surface area contributed by atoms with Crippen LogP contribution in [-0.2, 0) is 10.8 Å². The van der Waals surface area contributed by atoms with E-state index in [1.807, 2.05) is 0 Å². The van der Waals surface area contributed by atoms with Crippen molar-refractivity contribution in [3.05, 3.63) is 108 Å². The van der Waals surface area contributed by atoms with E-state index < -0.39 is 0 Å². The molecule has 36 heavy (non-hydrogen) atoms. The third kappa shape index (κ3) is 4.05. The van der Waals surface area contributed by atoms with Gasteiger partial charge in [0, 0.05) is 22.3 Å². The molecule has 0 N–H and O–H groups in total. The molecule has 0 aliphatic heterocycles. The van der Waals surface area contributed by atoms with Gasteiger partial charge in [-0.15, -0.1) is 0 Å². The summed E-state index contributed by atoms with van der Waals surface area (Å²) in [5.41, 5.74) is 11.9. The van der Waals surface area contributed by atoms with Gasteiger partial charge >= 0.3 is 0 Å². The molecule has 0 atom stereocenters. The van der Waals surface area contributed by atoms with Crippen LogP contribution in [0.15, 0.2) is 91.0 Å². The van der Waals surface area contributed by atoms with Gasteiger partial charge in [0.25, 0.3) is 0 Å². The van der Waals surface area contributed by atoms with Gasteiger partial charge in [0.1, 0.15) is 0 Å². The number of nitrogens with zero attached hydrogens (tertiary/aromatic N) is 1. The van der Waals surface area contributed by atoms with Gasteiger partial charge in [-0.3, -0.25) is 0 Å². The molecule has 1 aliphatic rings. The van der Waals surface area contributed by atoms with E-state index in [2.05, 4.69) is 151 Å². The molecule has 0 unspecified atom stereocenters. The first-order chi connectivity index (χ1) is 16.9. The molecule has 0 radical (unpaired) electrons. The maximum atomic E-state index is 2.55. The first-order valence-electron chi connectivity index (χ1n) is 13.1. The fraction of sp³-hybridized carbons (Fsp3) is 0.314. The highest BCUT2D eigenvalue weighted by atomic mass is 15.2. The van der Waals surface area contributed by atoms with Crippen LogP contribution in [0.4, 0.5) is 11.4 Å². The van der Waals surface area contributed by atoms with Crippen LogP contribution in [0.3, 0.4) is 0 Å². The highest BCUT2D eigenvalue weighted by Gasteiger charge is 2.39. The highest BCUT2D eigenvalue weighted by molar-refractivity contribution is 5.86. The van der Waals surface area contributed by atoms with E-state index in [1.54, 1.807) is 0 Å². The molecule has 0 saturated carbocycles. The Balaban J connectivity index is 1.78. The van der Waals surface area contributed by atoms with E-state index in [4.69, 9.17) is 0 Å². The number of hydrogen-bond acceptors (Lipinski definition) is 1. The summed E-state index contributed by atoms with van der Waals surface area (Å²) < 4.78 is 0. The molecule has 0 spiro atoms. The highest BCUT2D eigenvalue weighted by Crippen LogP contribution is 2.53. The third-order valence-corrected chi connectivity index (χ3v) is 7.63. The largest absolute Gasteiger partial charge is 0.336 e. The van der Waals surface area contributed by atoms with E-state index in [-0.39, 0.29) is 16.4 Å². The Morgan fingerprint density at radius 1 is 0.583 bits per heavy atom. The van der Waals surface area contributed by atoms with Crippen molar-refractivity contribution in [3.8, 4) is 22.3 Å². The third-order valence-electron chi connectivity index (χ3n) is 7.63. The van der Waals surface area contributed by atoms with Crippen molar-refractivity contribution >= 4 is 11.4 Å². The molecular formula is C35H39N. The lowest BCUT2D eigenvalue weighted by Gasteiger charge is -2.41. The van der Waals surface area contributed by atoms with E-state index in [0.717, 1.165) is 0 Å². The molecule has 4 aromatic carbocycles. The summed E-state index contributed by atoms with van der Waals surface area (Å²) in [6.07, 6.45) is 0. The van der Waals surface area contributed by atoms with Crippen LogP contribution in [0.1, 0.15) is 72.1 Å². The minimum Gasteiger partial charge on any atom is -0.336 e. The fourth-order valence-corrected chi connectivity index (χ4v) is 5.86. The van der Waals surface area contributed by atoms with Crippen LogP contribution in [0.5, 0.6) is 0 Å². The van der Waals surface area contributed by atoms with Crippen molar-refractivity contribution in [2.24, 2.45) is 0 Å². The first-order valence-corrected chi connectivity index (χ1v) is 13.1. The number of hydrogen-bond donors (Lipinski definition) is 0. The smallest absolute Gasteiger partial charge is 0.0460 e. The minimum atomic E-state index is -0.114. The average molecular weight is 474 g/mol. The fourth-order valence-electron chi connectivity index (χ4n) is 5.86. The molecule has 0 bridgehead atoms. The van der Waals surface area contributed by atoms with Gasteiger partial charge in [-0.1, -0.05) is 107 Å². The Kier molecular flexibility index (Phi) is 5.67. The van der Waals surface area contributed by atoms with Crippen molar-refractivity contribution in [1.29, 1.82) is 0 Å². The Bertz CT molecular complexity index is 1410. The Labute approximate surface area is 217 Å². The molecule has 184 valence electrons. The van der Waals surface area contributed by atoms with Gasteiger partial charge in [0.2, 0.25) is 0 Å². The quantitative estimate of drug-likeness (QED) is 0.286. The second kappa shape index (κ2) is 8.37. The van der Waals surface area contributed by atoms with E-state index in [1.165, 1.54) is 50.3 Å². The summed E-state index contributed by atoms with van der Waals surface area (Å²) in [5, 5.41) is 0. The lowest BCUT2D eigenvalue weighted by atomic mass is 9.77. The molecule has 0 aromatic heterocycles. The lowest BCUT2D eigenvalue weighted by molar-refractivity contribution is 0.542. The number of benzene rings is 4. The van der Waals surface area contributed by atoms with Crippen LogP contribution in [0.25, 0.3) is 22.3 Å². The van der Waals surface area contributed by atoms with Crippen molar-refractivity contribution in [2.45, 2.75) is 71.8 Å². The van der Waals surface area contributed by atoms with Crippen molar-refractivity contribution in [1.82, 2.24) is 0 Å². The monoisotopic (exact) mass is 473 g/mol. The first kappa shape index (κ1) is 24.4. The van der Waals surface area contributed by atoms with Crippen LogP contribution in [0, 0.1) is 0 Å². The molecule has 0 saturated heterocycles. The Hall–Kier alpha value is -3.32. The van der Waals surface area contributed by atoms with Gasteiger partial charge < -0.3 is 4.90 Å². The topological polar surface area (TPSA) is 3.24 Å². The second-order valence-corrected chi connectivity index (χ2v) is 12.8. The zero-order valence-electron chi connectivity index (χ0n) is 23.1. The number of anilines is 2. The summed E-state index contributed by atoms with van der Waals surface area (Å²) in [4.78, 5) is 2.55. The lowest BCUT2D eigenvalue weighted by Crippen LogP contribution is -2.39. The molecule has 4 aromatic rings. The minimum absolute atomic E-state index is 0.00421. The standard InChI is InChI=1S/C35H39N/c1-33(2,3)31-23-30-28(27-19-12-13-20-29(27)35(30,7)8)22-32(31)36(34(4,5)6)26-18-14-17-25(21-26)24-15-10-9-11-16-24/h9-23H,1-8H3. The van der Waals surface area contributed by atoms with Crippen molar-refractivity contribution in [2.75, 3.05) is 4.90 Å². The number of rotatable bonds is 3. The summed E-state index contributed by atoms with van der Waals surface area (Å²) in [6.45, 7) is 18.7. The Morgan fingerprint density at radius 3 is 1.89 bits per heavy atom. The van der Waals surface area contributed by atoms with Crippen LogP contribution < -0.4 is 4.90 Å². The molecule has 1 heteroatoms. The van der Waals surface area contributed by atoms with Gasteiger partial charge in [-0.25, -0.2) is 0 Å². The predicted octanol–water partition coefficient (Wildman–Crippen LogP) is 9.89. The zero-order chi connectivity index (χ0) is 25.9. The van der Waals surface area contributed by atoms with Crippen molar-refractivity contribution in [3.63, 3.8) is 0 Å². The van der Waals surface area contributed by atoms with Crippen molar-refractivity contribution < 1.29 is 0 Å². The summed E-state index contributed by atoms with van der Waals surface area (Å²) in [5.74, 6) is 0. The van der Waals surface area contributed by atoms with E-state index in [9.17, 15) is 0 Å². The Morgan fingerprint density at radius 2 is 1.22 bits per heavy atom. The maximum absolute atomic E-state index is 2.55. The second-order valence-electron chi connectivity index (χ2n) is 12.8. The van der Waals surface area contributed by atoms with E-state index >= 15 is 0 Å². The normalized spacial score (nSPS) is 14.3. The van der Waals surface area contributed by atoms with Gasteiger partial charge in [-0.05, 0) is 83.3 Å². The molecular weight excluding hydrogens is 434 g/mol. The van der Waals surface area contributed by atoms with Crippen LogP contribution in [-0.4, -0.2) is 5.54 Å². The number of fused-ring (bicyclic) bond motifs is 3. The molecule has 1 aliphatic carbocycles. The molecule has 1 nitrogen and oxygen atoms in total. The van der Waals surface area contributed by atoms with E-state index in [0.29, 0.717) is 0 Å². The van der Waals surface area contributed by atoms with Gasteiger partial charge in [0.15, 0.2) is 0 Å². The average Bonchev–Trinajstić information content (AvgIpc) is 3.05. The molecule has 0 fully saturated rings. The molecule has 5 rings (SSSR count).